The molecule has 0 saturated carbocycles. The standard InChI is InChI=1S/C17H16FNS/c1-11-15-5-3-4-6-16(15)20-17(11)12(2)19-14-9-7-13(18)8-10-14/h3-10,12,19H,1-2H3. The summed E-state index contributed by atoms with van der Waals surface area (Å²) in [6.45, 7) is 4.30. The number of hydrogen-bond donors (Lipinski definition) is 1. The highest BCUT2D eigenvalue weighted by Crippen LogP contribution is 2.35. The van der Waals surface area contributed by atoms with Crippen molar-refractivity contribution in [3.05, 3.63) is 64.8 Å². The highest BCUT2D eigenvalue weighted by molar-refractivity contribution is 7.19. The average Bonchev–Trinajstić information content (AvgIpc) is 2.79. The molecule has 1 nitrogen and oxygen atoms in total. The van der Waals surface area contributed by atoms with Crippen molar-refractivity contribution in [1.82, 2.24) is 0 Å². The summed E-state index contributed by atoms with van der Waals surface area (Å²) in [6, 6.07) is 15.2. The molecule has 20 heavy (non-hydrogen) atoms. The predicted octanol–water partition coefficient (Wildman–Crippen LogP) is 5.52. The largest absolute Gasteiger partial charge is 0.378 e. The van der Waals surface area contributed by atoms with Crippen molar-refractivity contribution in [3.8, 4) is 0 Å². The molecule has 0 bridgehead atoms. The van der Waals surface area contributed by atoms with E-state index in [1.165, 1.54) is 32.7 Å². The smallest absolute Gasteiger partial charge is 0.123 e. The lowest BCUT2D eigenvalue weighted by atomic mass is 10.1. The second-order valence-corrected chi connectivity index (χ2v) is 6.04. The first-order chi connectivity index (χ1) is 9.65. The van der Waals surface area contributed by atoms with Crippen molar-refractivity contribution in [3.63, 3.8) is 0 Å². The van der Waals surface area contributed by atoms with Gasteiger partial charge < -0.3 is 5.32 Å². The molecule has 0 aliphatic heterocycles. The van der Waals surface area contributed by atoms with Crippen LogP contribution in [-0.2, 0) is 0 Å². The van der Waals surface area contributed by atoms with Gasteiger partial charge in [0.2, 0.25) is 0 Å². The van der Waals surface area contributed by atoms with Gasteiger partial charge >= 0.3 is 0 Å². The second kappa shape index (κ2) is 5.25. The van der Waals surface area contributed by atoms with Crippen LogP contribution in [0, 0.1) is 12.7 Å². The molecule has 0 radical (unpaired) electrons. The quantitative estimate of drug-likeness (QED) is 0.668. The van der Waals surface area contributed by atoms with Crippen LogP contribution in [-0.4, -0.2) is 0 Å². The summed E-state index contributed by atoms with van der Waals surface area (Å²) in [4.78, 5) is 1.33. The van der Waals surface area contributed by atoms with Gasteiger partial charge in [0.1, 0.15) is 5.82 Å². The van der Waals surface area contributed by atoms with Crippen LogP contribution >= 0.6 is 11.3 Å². The van der Waals surface area contributed by atoms with Gasteiger partial charge in [-0.3, -0.25) is 0 Å². The zero-order chi connectivity index (χ0) is 14.1. The molecule has 0 amide bonds. The van der Waals surface area contributed by atoms with E-state index in [1.807, 2.05) is 11.3 Å². The lowest BCUT2D eigenvalue weighted by Gasteiger charge is -2.15. The molecule has 0 aliphatic carbocycles. The van der Waals surface area contributed by atoms with Gasteiger partial charge in [0.15, 0.2) is 0 Å². The van der Waals surface area contributed by atoms with Gasteiger partial charge in [-0.05, 0) is 55.1 Å². The lowest BCUT2D eigenvalue weighted by molar-refractivity contribution is 0.628. The Kier molecular flexibility index (Phi) is 3.45. The molecule has 0 saturated heterocycles. The fraction of sp³-hybridized carbons (Fsp3) is 0.176. The minimum atomic E-state index is -0.207. The average molecular weight is 285 g/mol. The highest BCUT2D eigenvalue weighted by atomic mass is 32.1. The Morgan fingerprint density at radius 3 is 2.45 bits per heavy atom. The van der Waals surface area contributed by atoms with E-state index >= 15 is 0 Å². The molecule has 0 spiro atoms. The van der Waals surface area contributed by atoms with E-state index in [2.05, 4.69) is 43.4 Å². The third-order valence-corrected chi connectivity index (χ3v) is 4.96. The fourth-order valence-electron chi connectivity index (χ4n) is 2.47. The SMILES string of the molecule is Cc1c(C(C)Nc2ccc(F)cc2)sc2ccccc12. The zero-order valence-electron chi connectivity index (χ0n) is 11.5. The maximum atomic E-state index is 12.9. The van der Waals surface area contributed by atoms with Crippen molar-refractivity contribution in [1.29, 1.82) is 0 Å². The number of rotatable bonds is 3. The van der Waals surface area contributed by atoms with Gasteiger partial charge in [0, 0.05) is 15.3 Å². The topological polar surface area (TPSA) is 12.0 Å². The number of benzene rings is 2. The number of aryl methyl sites for hydroxylation is 1. The molecular weight excluding hydrogens is 269 g/mol. The Morgan fingerprint density at radius 2 is 1.75 bits per heavy atom. The molecule has 3 aromatic rings. The maximum Gasteiger partial charge on any atom is 0.123 e. The van der Waals surface area contributed by atoms with E-state index in [0.717, 1.165) is 5.69 Å². The molecule has 2 aromatic carbocycles. The van der Waals surface area contributed by atoms with E-state index in [-0.39, 0.29) is 11.9 Å². The lowest BCUT2D eigenvalue weighted by Crippen LogP contribution is -2.05. The molecule has 1 heterocycles. The van der Waals surface area contributed by atoms with Crippen molar-refractivity contribution in [2.24, 2.45) is 0 Å². The van der Waals surface area contributed by atoms with E-state index in [9.17, 15) is 4.39 Å². The Bertz CT molecular complexity index is 730. The Labute approximate surface area is 122 Å². The van der Waals surface area contributed by atoms with E-state index < -0.39 is 0 Å². The van der Waals surface area contributed by atoms with Crippen molar-refractivity contribution < 1.29 is 4.39 Å². The Hall–Kier alpha value is -1.87. The van der Waals surface area contributed by atoms with Gasteiger partial charge in [-0.15, -0.1) is 11.3 Å². The minimum absolute atomic E-state index is 0.206. The number of nitrogens with one attached hydrogen (secondary N) is 1. The summed E-state index contributed by atoms with van der Waals surface area (Å²) in [7, 11) is 0. The number of halogens is 1. The molecule has 1 N–H and O–H groups in total. The van der Waals surface area contributed by atoms with Gasteiger partial charge in [-0.2, -0.15) is 0 Å². The van der Waals surface area contributed by atoms with E-state index in [0.29, 0.717) is 0 Å². The molecule has 3 rings (SSSR count). The Balaban J connectivity index is 1.90. The van der Waals surface area contributed by atoms with Crippen LogP contribution in [0.15, 0.2) is 48.5 Å². The van der Waals surface area contributed by atoms with Crippen molar-refractivity contribution in [2.45, 2.75) is 19.9 Å². The van der Waals surface area contributed by atoms with Crippen molar-refractivity contribution >= 4 is 27.1 Å². The summed E-state index contributed by atoms with van der Waals surface area (Å²) in [5, 5.41) is 4.75. The molecular formula is C17H16FNS. The van der Waals surface area contributed by atoms with Crippen molar-refractivity contribution in [2.75, 3.05) is 5.32 Å². The first-order valence-corrected chi connectivity index (χ1v) is 7.47. The monoisotopic (exact) mass is 285 g/mol. The van der Waals surface area contributed by atoms with Crippen LogP contribution in [0.5, 0.6) is 0 Å². The molecule has 1 atom stereocenters. The molecule has 0 fully saturated rings. The third-order valence-electron chi connectivity index (χ3n) is 3.50. The molecule has 1 unspecified atom stereocenters. The molecule has 102 valence electrons. The molecule has 3 heteroatoms. The summed E-state index contributed by atoms with van der Waals surface area (Å²) >= 11 is 1.82. The highest BCUT2D eigenvalue weighted by Gasteiger charge is 2.14. The van der Waals surface area contributed by atoms with Crippen LogP contribution < -0.4 is 5.32 Å². The first kappa shape index (κ1) is 13.1. The van der Waals surface area contributed by atoms with Gasteiger partial charge in [-0.1, -0.05) is 18.2 Å². The van der Waals surface area contributed by atoms with Crippen LogP contribution in [0.25, 0.3) is 10.1 Å². The third kappa shape index (κ3) is 2.41. The number of anilines is 1. The fourth-order valence-corrected chi connectivity index (χ4v) is 3.68. The van der Waals surface area contributed by atoms with E-state index in [1.54, 1.807) is 12.1 Å². The summed E-state index contributed by atoms with van der Waals surface area (Å²) in [5.41, 5.74) is 2.27. The van der Waals surface area contributed by atoms with Crippen LogP contribution in [0.4, 0.5) is 10.1 Å². The minimum Gasteiger partial charge on any atom is -0.378 e. The second-order valence-electron chi connectivity index (χ2n) is 4.96. The molecule has 1 aromatic heterocycles. The van der Waals surface area contributed by atoms with Gasteiger partial charge in [0.05, 0.1) is 6.04 Å². The summed E-state index contributed by atoms with van der Waals surface area (Å²) in [5.74, 6) is -0.207. The number of hydrogen-bond acceptors (Lipinski definition) is 2. The van der Waals surface area contributed by atoms with Crippen LogP contribution in [0.2, 0.25) is 0 Å². The summed E-state index contributed by atoms with van der Waals surface area (Å²) < 4.78 is 14.2. The Morgan fingerprint density at radius 1 is 1.05 bits per heavy atom. The summed E-state index contributed by atoms with van der Waals surface area (Å²) in [6.07, 6.45) is 0. The van der Waals surface area contributed by atoms with Crippen LogP contribution in [0.3, 0.4) is 0 Å². The normalized spacial score (nSPS) is 12.6. The molecule has 0 aliphatic rings. The number of fused-ring (bicyclic) bond motifs is 1. The predicted molar refractivity (Wildman–Crippen MR) is 85.0 cm³/mol. The van der Waals surface area contributed by atoms with E-state index in [4.69, 9.17) is 0 Å². The van der Waals surface area contributed by atoms with Gasteiger partial charge in [-0.25, -0.2) is 4.39 Å². The number of thiophene rings is 1. The van der Waals surface area contributed by atoms with Gasteiger partial charge in [0.25, 0.3) is 0 Å². The zero-order valence-corrected chi connectivity index (χ0v) is 12.3. The maximum absolute atomic E-state index is 12.9. The van der Waals surface area contributed by atoms with Crippen LogP contribution in [0.1, 0.15) is 23.4 Å². The first-order valence-electron chi connectivity index (χ1n) is 6.65.